The van der Waals surface area contributed by atoms with Gasteiger partial charge in [0.2, 0.25) is 0 Å². The van der Waals surface area contributed by atoms with E-state index < -0.39 is 0 Å². The van der Waals surface area contributed by atoms with E-state index in [1.807, 2.05) is 6.92 Å². The minimum Gasteiger partial charge on any atom is -0.516 e. The first-order valence-electron chi connectivity index (χ1n) is 5.67. The molecule has 1 rings (SSSR count). The lowest BCUT2D eigenvalue weighted by Crippen LogP contribution is -2.19. The molecule has 0 saturated heterocycles. The quantitative estimate of drug-likeness (QED) is 0.522. The molecule has 80 valence electrons. The van der Waals surface area contributed by atoms with Gasteiger partial charge in [0.25, 0.3) is 0 Å². The molecule has 1 N–H and O–H groups in total. The van der Waals surface area contributed by atoms with E-state index in [1.165, 1.54) is 38.4 Å². The fourth-order valence-electron chi connectivity index (χ4n) is 2.43. The highest BCUT2D eigenvalue weighted by molar-refractivity contribution is 5.02. The maximum Gasteiger partial charge on any atom is 0.0781 e. The molecule has 1 nitrogen and oxygen atoms in total. The molecule has 0 amide bonds. The fourth-order valence-corrected chi connectivity index (χ4v) is 2.43. The van der Waals surface area contributed by atoms with Crippen LogP contribution in [0.15, 0.2) is 24.0 Å². The van der Waals surface area contributed by atoms with Crippen LogP contribution >= 0.6 is 0 Å². The summed E-state index contributed by atoms with van der Waals surface area (Å²) in [4.78, 5) is 0. The SMILES string of the molecule is CCC1(C/C(C)=C/O)CCC=CCC1. The van der Waals surface area contributed by atoms with Crippen LogP contribution in [0.5, 0.6) is 0 Å². The average molecular weight is 194 g/mol. The van der Waals surface area contributed by atoms with E-state index in [0.717, 1.165) is 12.0 Å². The van der Waals surface area contributed by atoms with Gasteiger partial charge in [0, 0.05) is 0 Å². The molecular formula is C13H22O. The lowest BCUT2D eigenvalue weighted by molar-refractivity contribution is 0.231. The Morgan fingerprint density at radius 1 is 1.36 bits per heavy atom. The summed E-state index contributed by atoms with van der Waals surface area (Å²) >= 11 is 0. The second kappa shape index (κ2) is 5.23. The largest absolute Gasteiger partial charge is 0.516 e. The third-order valence-electron chi connectivity index (χ3n) is 3.47. The molecule has 0 unspecified atom stereocenters. The first-order valence-corrected chi connectivity index (χ1v) is 5.67. The zero-order chi connectivity index (χ0) is 10.4. The summed E-state index contributed by atoms with van der Waals surface area (Å²) in [6, 6.07) is 0. The van der Waals surface area contributed by atoms with Crippen molar-refractivity contribution in [1.29, 1.82) is 0 Å². The van der Waals surface area contributed by atoms with Crippen LogP contribution in [0.1, 0.15) is 52.4 Å². The highest BCUT2D eigenvalue weighted by Gasteiger charge is 2.27. The van der Waals surface area contributed by atoms with Crippen molar-refractivity contribution in [3.8, 4) is 0 Å². The number of rotatable bonds is 3. The van der Waals surface area contributed by atoms with Crippen molar-refractivity contribution in [2.45, 2.75) is 52.4 Å². The number of hydrogen-bond donors (Lipinski definition) is 1. The number of hydrogen-bond acceptors (Lipinski definition) is 1. The Balaban J connectivity index is 2.65. The van der Waals surface area contributed by atoms with E-state index >= 15 is 0 Å². The van der Waals surface area contributed by atoms with Gasteiger partial charge in [-0.3, -0.25) is 0 Å². The lowest BCUT2D eigenvalue weighted by Gasteiger charge is -2.32. The molecule has 0 aliphatic heterocycles. The predicted octanol–water partition coefficient (Wildman–Crippen LogP) is 4.36. The molecule has 0 radical (unpaired) electrons. The van der Waals surface area contributed by atoms with Gasteiger partial charge in [-0.05, 0) is 50.0 Å². The Morgan fingerprint density at radius 2 is 1.93 bits per heavy atom. The first kappa shape index (κ1) is 11.4. The van der Waals surface area contributed by atoms with E-state index in [-0.39, 0.29) is 0 Å². The minimum atomic E-state index is 0.437. The molecule has 0 aromatic heterocycles. The Morgan fingerprint density at radius 3 is 2.36 bits per heavy atom. The van der Waals surface area contributed by atoms with Crippen LogP contribution in [-0.4, -0.2) is 5.11 Å². The normalized spacial score (nSPS) is 22.0. The summed E-state index contributed by atoms with van der Waals surface area (Å²) < 4.78 is 0. The van der Waals surface area contributed by atoms with Gasteiger partial charge in [-0.2, -0.15) is 0 Å². The van der Waals surface area contributed by atoms with E-state index in [0.29, 0.717) is 5.41 Å². The van der Waals surface area contributed by atoms with Gasteiger partial charge in [-0.25, -0.2) is 0 Å². The molecule has 1 aliphatic carbocycles. The monoisotopic (exact) mass is 194 g/mol. The van der Waals surface area contributed by atoms with Crippen molar-refractivity contribution >= 4 is 0 Å². The predicted molar refractivity (Wildman–Crippen MR) is 61.3 cm³/mol. The van der Waals surface area contributed by atoms with Crippen LogP contribution in [0.25, 0.3) is 0 Å². The summed E-state index contributed by atoms with van der Waals surface area (Å²) in [6.45, 7) is 4.30. The Labute approximate surface area is 87.5 Å². The van der Waals surface area contributed by atoms with E-state index in [4.69, 9.17) is 5.11 Å². The zero-order valence-corrected chi connectivity index (χ0v) is 9.42. The molecule has 0 aromatic rings. The topological polar surface area (TPSA) is 20.2 Å². The van der Waals surface area contributed by atoms with Crippen molar-refractivity contribution in [1.82, 2.24) is 0 Å². The second-order valence-electron chi connectivity index (χ2n) is 4.55. The number of aliphatic hydroxyl groups is 1. The summed E-state index contributed by atoms with van der Waals surface area (Å²) in [5, 5.41) is 8.97. The minimum absolute atomic E-state index is 0.437. The molecule has 0 bridgehead atoms. The van der Waals surface area contributed by atoms with Gasteiger partial charge in [0.05, 0.1) is 6.26 Å². The van der Waals surface area contributed by atoms with Crippen LogP contribution in [0, 0.1) is 5.41 Å². The number of aliphatic hydroxyl groups excluding tert-OH is 1. The standard InChI is InChI=1S/C13H22O/c1-3-13(10-12(2)11-14)8-6-4-5-7-9-13/h4-5,11,14H,3,6-10H2,1-2H3/b12-11+. The highest BCUT2D eigenvalue weighted by Crippen LogP contribution is 2.41. The van der Waals surface area contributed by atoms with Crippen molar-refractivity contribution in [2.75, 3.05) is 0 Å². The molecule has 1 heteroatoms. The summed E-state index contributed by atoms with van der Waals surface area (Å²) in [6.07, 6.45) is 13.1. The Bertz CT molecular complexity index is 215. The van der Waals surface area contributed by atoms with Crippen LogP contribution in [0.3, 0.4) is 0 Å². The lowest BCUT2D eigenvalue weighted by atomic mass is 9.73. The zero-order valence-electron chi connectivity index (χ0n) is 9.42. The third-order valence-corrected chi connectivity index (χ3v) is 3.47. The van der Waals surface area contributed by atoms with Crippen LogP contribution in [-0.2, 0) is 0 Å². The first-order chi connectivity index (χ1) is 6.72. The summed E-state index contributed by atoms with van der Waals surface area (Å²) in [5.74, 6) is 0. The highest BCUT2D eigenvalue weighted by atomic mass is 16.2. The fraction of sp³-hybridized carbons (Fsp3) is 0.692. The van der Waals surface area contributed by atoms with Crippen LogP contribution < -0.4 is 0 Å². The van der Waals surface area contributed by atoms with Crippen molar-refractivity contribution < 1.29 is 5.11 Å². The third kappa shape index (κ3) is 2.90. The molecule has 0 heterocycles. The average Bonchev–Trinajstić information content (AvgIpc) is 2.44. The molecule has 0 spiro atoms. The van der Waals surface area contributed by atoms with Crippen LogP contribution in [0.2, 0.25) is 0 Å². The Kier molecular flexibility index (Phi) is 4.24. The van der Waals surface area contributed by atoms with Gasteiger partial charge < -0.3 is 5.11 Å². The summed E-state index contributed by atoms with van der Waals surface area (Å²) in [7, 11) is 0. The second-order valence-corrected chi connectivity index (χ2v) is 4.55. The van der Waals surface area contributed by atoms with E-state index in [2.05, 4.69) is 19.1 Å². The smallest absolute Gasteiger partial charge is 0.0781 e. The summed E-state index contributed by atoms with van der Waals surface area (Å²) in [5.41, 5.74) is 1.56. The van der Waals surface area contributed by atoms with Crippen LogP contribution in [0.4, 0.5) is 0 Å². The molecule has 0 atom stereocenters. The van der Waals surface area contributed by atoms with E-state index in [1.54, 1.807) is 0 Å². The molecule has 1 aliphatic rings. The molecule has 0 fully saturated rings. The maximum absolute atomic E-state index is 8.97. The van der Waals surface area contributed by atoms with E-state index in [9.17, 15) is 0 Å². The van der Waals surface area contributed by atoms with Gasteiger partial charge >= 0.3 is 0 Å². The number of allylic oxidation sites excluding steroid dienone is 3. The molecular weight excluding hydrogens is 172 g/mol. The van der Waals surface area contributed by atoms with Gasteiger partial charge in [-0.1, -0.05) is 25.5 Å². The maximum atomic E-state index is 8.97. The van der Waals surface area contributed by atoms with Gasteiger partial charge in [0.1, 0.15) is 0 Å². The molecule has 0 aromatic carbocycles. The molecule has 14 heavy (non-hydrogen) atoms. The van der Waals surface area contributed by atoms with Crippen molar-refractivity contribution in [3.63, 3.8) is 0 Å². The van der Waals surface area contributed by atoms with Crippen molar-refractivity contribution in [2.24, 2.45) is 5.41 Å². The molecule has 0 saturated carbocycles. The van der Waals surface area contributed by atoms with Gasteiger partial charge in [0.15, 0.2) is 0 Å². The van der Waals surface area contributed by atoms with Crippen molar-refractivity contribution in [3.05, 3.63) is 24.0 Å². The Hall–Kier alpha value is -0.720. The van der Waals surface area contributed by atoms with Gasteiger partial charge in [-0.15, -0.1) is 0 Å².